The Balaban J connectivity index is 0. The number of carbonyl (C=O) groups is 1. The first kappa shape index (κ1) is 22.0. The summed E-state index contributed by atoms with van der Waals surface area (Å²) in [5.74, 6) is -1.07. The van der Waals surface area contributed by atoms with Crippen LogP contribution < -0.4 is 5.48 Å². The molecule has 2 unspecified atom stereocenters. The van der Waals surface area contributed by atoms with Crippen molar-refractivity contribution in [3.05, 3.63) is 29.8 Å². The van der Waals surface area contributed by atoms with E-state index < -0.39 is 23.1 Å². The molecule has 0 bridgehead atoms. The highest BCUT2D eigenvalue weighted by molar-refractivity contribution is 7.80. The second-order valence-corrected chi connectivity index (χ2v) is 4.60. The topological polar surface area (TPSA) is 75.6 Å². The lowest BCUT2D eigenvalue weighted by molar-refractivity contribution is -0.140. The lowest BCUT2D eigenvalue weighted by Crippen LogP contribution is -2.34. The Labute approximate surface area is 130 Å². The summed E-state index contributed by atoms with van der Waals surface area (Å²) >= 11 is -1.71. The van der Waals surface area contributed by atoms with E-state index in [0.29, 0.717) is 4.90 Å². The molecule has 0 spiro atoms. The Kier molecular flexibility index (Phi) is 14.4. The molecule has 0 amide bonds. The van der Waals surface area contributed by atoms with Gasteiger partial charge in [0, 0.05) is 0 Å². The molecule has 0 heterocycles. The number of aliphatic carboxylic acids is 1. The van der Waals surface area contributed by atoms with Crippen LogP contribution in [-0.4, -0.2) is 21.3 Å². The molecular weight excluding hydrogens is 290 g/mol. The number of carboxylic acid groups (broad SMARTS) is 1. The molecule has 21 heavy (non-hydrogen) atoms. The van der Waals surface area contributed by atoms with E-state index in [9.17, 15) is 9.00 Å². The lowest BCUT2D eigenvalue weighted by atomic mass is 10.2. The molecule has 6 heteroatoms. The number of carboxylic acids is 1. The van der Waals surface area contributed by atoms with Crippen LogP contribution in [0.2, 0.25) is 0 Å². The molecule has 2 atom stereocenters. The Morgan fingerprint density at radius 1 is 1.24 bits per heavy atom. The molecule has 0 aromatic heterocycles. The second-order valence-electron chi connectivity index (χ2n) is 3.49. The number of benzene rings is 1. The quantitative estimate of drug-likeness (QED) is 0.787. The van der Waals surface area contributed by atoms with Crippen LogP contribution in [0, 0.1) is 0 Å². The number of aryl methyl sites for hydroxylation is 1. The maximum Gasteiger partial charge on any atom is 0.322 e. The van der Waals surface area contributed by atoms with Gasteiger partial charge in [-0.3, -0.25) is 4.79 Å². The second kappa shape index (κ2) is 13.7. The van der Waals surface area contributed by atoms with Crippen LogP contribution in [0.3, 0.4) is 0 Å². The van der Waals surface area contributed by atoms with E-state index in [1.165, 1.54) is 6.92 Å². The van der Waals surface area contributed by atoms with E-state index in [4.69, 9.17) is 9.39 Å². The number of hydroxylamine groups is 1. The van der Waals surface area contributed by atoms with E-state index in [2.05, 4.69) is 5.48 Å². The van der Waals surface area contributed by atoms with Gasteiger partial charge in [0.2, 0.25) is 11.1 Å². The highest BCUT2D eigenvalue weighted by Crippen LogP contribution is 2.09. The zero-order valence-electron chi connectivity index (χ0n) is 13.7. The van der Waals surface area contributed by atoms with Crippen molar-refractivity contribution < 1.29 is 18.4 Å². The minimum Gasteiger partial charge on any atom is -0.480 e. The summed E-state index contributed by atoms with van der Waals surface area (Å²) in [6.45, 7) is 11.4. The Morgan fingerprint density at radius 3 is 2.10 bits per heavy atom. The van der Waals surface area contributed by atoms with Gasteiger partial charge in [-0.1, -0.05) is 46.8 Å². The highest BCUT2D eigenvalue weighted by Gasteiger charge is 2.13. The van der Waals surface area contributed by atoms with Crippen molar-refractivity contribution >= 4 is 17.0 Å². The average Bonchev–Trinajstić information content (AvgIpc) is 2.55. The summed E-state index contributed by atoms with van der Waals surface area (Å²) in [6.07, 6.45) is 0.905. The largest absolute Gasteiger partial charge is 0.480 e. The molecule has 0 radical (unpaired) electrons. The molecule has 1 aromatic rings. The molecule has 122 valence electrons. The van der Waals surface area contributed by atoms with Gasteiger partial charge in [0.25, 0.3) is 0 Å². The van der Waals surface area contributed by atoms with Crippen molar-refractivity contribution in [3.63, 3.8) is 0 Å². The number of hydrogen-bond acceptors (Lipinski definition) is 4. The standard InChI is InChI=1S/C11H15NO4S.2C2H6/c1-3-9-4-6-10(7-5-9)17(15)16-12-8(2)11(13)14;2*1-2/h4-8,12H,3H2,1-2H3,(H,13,14);2*1-2H3. The van der Waals surface area contributed by atoms with Gasteiger partial charge >= 0.3 is 5.97 Å². The van der Waals surface area contributed by atoms with Crippen molar-refractivity contribution in [1.29, 1.82) is 0 Å². The first-order chi connectivity index (χ1) is 10.0. The van der Waals surface area contributed by atoms with Crippen LogP contribution in [0.15, 0.2) is 29.2 Å². The zero-order valence-corrected chi connectivity index (χ0v) is 14.5. The first-order valence-electron chi connectivity index (χ1n) is 7.21. The molecule has 0 fully saturated rings. The molecule has 2 N–H and O–H groups in total. The van der Waals surface area contributed by atoms with Crippen LogP contribution in [0.4, 0.5) is 0 Å². The van der Waals surface area contributed by atoms with Crippen LogP contribution in [0.1, 0.15) is 47.1 Å². The van der Waals surface area contributed by atoms with E-state index >= 15 is 0 Å². The van der Waals surface area contributed by atoms with Crippen LogP contribution >= 0.6 is 0 Å². The van der Waals surface area contributed by atoms with Crippen LogP contribution in [0.25, 0.3) is 0 Å². The molecule has 0 aliphatic heterocycles. The Hall–Kier alpha value is -1.24. The van der Waals surface area contributed by atoms with E-state index in [0.717, 1.165) is 12.0 Å². The maximum absolute atomic E-state index is 11.6. The third kappa shape index (κ3) is 9.33. The molecule has 1 rings (SSSR count). The van der Waals surface area contributed by atoms with Crippen molar-refractivity contribution in [2.45, 2.75) is 58.9 Å². The summed E-state index contributed by atoms with van der Waals surface area (Å²) in [4.78, 5) is 11.0. The van der Waals surface area contributed by atoms with Gasteiger partial charge in [-0.2, -0.15) is 9.76 Å². The third-order valence-corrected chi connectivity index (χ3v) is 3.10. The fourth-order valence-corrected chi connectivity index (χ4v) is 1.74. The van der Waals surface area contributed by atoms with Gasteiger partial charge < -0.3 is 5.11 Å². The van der Waals surface area contributed by atoms with Gasteiger partial charge in [-0.15, -0.1) is 0 Å². The molecule has 1 aromatic carbocycles. The molecular formula is C15H27NO4S. The number of hydrogen-bond donors (Lipinski definition) is 2. The molecule has 0 aliphatic rings. The highest BCUT2D eigenvalue weighted by atomic mass is 32.2. The fourth-order valence-electron chi connectivity index (χ4n) is 1.05. The average molecular weight is 317 g/mol. The summed E-state index contributed by atoms with van der Waals surface area (Å²) in [6, 6.07) is 6.20. The Bertz CT molecular complexity index is 407. The summed E-state index contributed by atoms with van der Waals surface area (Å²) < 4.78 is 16.4. The third-order valence-electron chi connectivity index (χ3n) is 2.20. The van der Waals surface area contributed by atoms with Gasteiger partial charge in [-0.25, -0.2) is 4.21 Å². The minimum absolute atomic E-state index is 0.493. The SMILES string of the molecule is CC.CC.CCc1ccc(S(=O)ONC(C)C(=O)O)cc1. The van der Waals surface area contributed by atoms with Gasteiger partial charge in [0.05, 0.1) is 4.90 Å². The maximum atomic E-state index is 11.6. The van der Waals surface area contributed by atoms with Crippen molar-refractivity contribution in [2.75, 3.05) is 0 Å². The van der Waals surface area contributed by atoms with Crippen molar-refractivity contribution in [3.8, 4) is 0 Å². The van der Waals surface area contributed by atoms with Crippen LogP contribution in [0.5, 0.6) is 0 Å². The molecule has 0 saturated carbocycles. The number of rotatable bonds is 6. The lowest BCUT2D eigenvalue weighted by Gasteiger charge is -2.08. The van der Waals surface area contributed by atoms with Gasteiger partial charge in [0.1, 0.15) is 6.04 Å². The molecule has 0 aliphatic carbocycles. The van der Waals surface area contributed by atoms with E-state index in [1.54, 1.807) is 12.1 Å². The predicted molar refractivity (Wildman–Crippen MR) is 86.2 cm³/mol. The fraction of sp³-hybridized carbons (Fsp3) is 0.533. The van der Waals surface area contributed by atoms with Crippen LogP contribution in [-0.2, 0) is 26.6 Å². The van der Waals surface area contributed by atoms with Gasteiger partial charge in [0.15, 0.2) is 0 Å². The van der Waals surface area contributed by atoms with Crippen molar-refractivity contribution in [2.24, 2.45) is 0 Å². The van der Waals surface area contributed by atoms with E-state index in [1.807, 2.05) is 46.8 Å². The molecule has 5 nitrogen and oxygen atoms in total. The predicted octanol–water partition coefficient (Wildman–Crippen LogP) is 3.32. The normalized spacial score (nSPS) is 12.1. The summed E-state index contributed by atoms with van der Waals surface area (Å²) in [5, 5.41) is 8.59. The van der Waals surface area contributed by atoms with Crippen molar-refractivity contribution in [1.82, 2.24) is 5.48 Å². The van der Waals surface area contributed by atoms with E-state index in [-0.39, 0.29) is 0 Å². The zero-order chi connectivity index (χ0) is 16.8. The first-order valence-corrected chi connectivity index (χ1v) is 8.28. The minimum atomic E-state index is -1.71. The summed E-state index contributed by atoms with van der Waals surface area (Å²) in [5.41, 5.74) is 3.35. The molecule has 0 saturated heterocycles. The summed E-state index contributed by atoms with van der Waals surface area (Å²) in [7, 11) is 0. The number of nitrogens with one attached hydrogen (secondary N) is 1. The van der Waals surface area contributed by atoms with Gasteiger partial charge in [-0.05, 0) is 31.0 Å². The monoisotopic (exact) mass is 317 g/mol. The smallest absolute Gasteiger partial charge is 0.322 e. The Morgan fingerprint density at radius 2 is 1.71 bits per heavy atom.